The molecule has 0 atom stereocenters. The van der Waals surface area contributed by atoms with Gasteiger partial charge in [0.1, 0.15) is 0 Å². The molecule has 0 amide bonds. The molecule has 0 fully saturated rings. The molecule has 0 aliphatic heterocycles. The number of aromatic nitrogens is 1. The molecule has 3 nitrogen and oxygen atoms in total. The smallest absolute Gasteiger partial charge is 0.167 e. The zero-order valence-electron chi connectivity index (χ0n) is 9.02. The van der Waals surface area contributed by atoms with Gasteiger partial charge in [-0.3, -0.25) is 0 Å². The van der Waals surface area contributed by atoms with E-state index in [4.69, 9.17) is 4.52 Å². The van der Waals surface area contributed by atoms with Crippen molar-refractivity contribution < 1.29 is 4.52 Å². The molecule has 1 heterocycles. The first-order chi connectivity index (χ1) is 7.90. The van der Waals surface area contributed by atoms with Gasteiger partial charge in [-0.2, -0.15) is 0 Å². The molecule has 0 bridgehead atoms. The van der Waals surface area contributed by atoms with E-state index in [1.807, 2.05) is 42.5 Å². The van der Waals surface area contributed by atoms with E-state index >= 15 is 0 Å². The summed E-state index contributed by atoms with van der Waals surface area (Å²) in [7, 11) is 0. The lowest BCUT2D eigenvalue weighted by Gasteiger charge is -1.94. The van der Waals surface area contributed by atoms with Crippen LogP contribution in [0.1, 0.15) is 5.69 Å². The van der Waals surface area contributed by atoms with Gasteiger partial charge >= 0.3 is 0 Å². The van der Waals surface area contributed by atoms with Gasteiger partial charge in [0.2, 0.25) is 0 Å². The molecule has 82 valence electrons. The van der Waals surface area contributed by atoms with Crippen LogP contribution in [0.15, 0.2) is 53.6 Å². The largest absolute Gasteiger partial charge is 0.356 e. The van der Waals surface area contributed by atoms with Crippen molar-refractivity contribution in [1.82, 2.24) is 10.5 Å². The van der Waals surface area contributed by atoms with Crippen molar-refractivity contribution in [3.05, 3.63) is 54.7 Å². The lowest BCUT2D eigenvalue weighted by Crippen LogP contribution is -2.12. The molecular weight excluding hydrogens is 200 g/mol. The highest BCUT2D eigenvalue weighted by Crippen LogP contribution is 2.19. The number of benzene rings is 1. The molecule has 0 aliphatic rings. The van der Waals surface area contributed by atoms with E-state index in [2.05, 4.69) is 17.1 Å². The van der Waals surface area contributed by atoms with Crippen LogP contribution in [-0.2, 0) is 6.54 Å². The first kappa shape index (κ1) is 10.6. The van der Waals surface area contributed by atoms with E-state index in [0.717, 1.165) is 23.6 Å². The van der Waals surface area contributed by atoms with E-state index in [9.17, 15) is 0 Å². The molecule has 0 aliphatic carbocycles. The summed E-state index contributed by atoms with van der Waals surface area (Å²) < 4.78 is 5.27. The van der Waals surface area contributed by atoms with Crippen LogP contribution in [0.4, 0.5) is 0 Å². The van der Waals surface area contributed by atoms with Crippen LogP contribution in [0.5, 0.6) is 0 Å². The summed E-state index contributed by atoms with van der Waals surface area (Å²) in [6.45, 7) is 5.11. The van der Waals surface area contributed by atoms with Gasteiger partial charge in [0, 0.05) is 24.7 Å². The Labute approximate surface area is 94.8 Å². The van der Waals surface area contributed by atoms with Crippen LogP contribution in [0, 0.1) is 0 Å². The van der Waals surface area contributed by atoms with Crippen molar-refractivity contribution in [1.29, 1.82) is 0 Å². The van der Waals surface area contributed by atoms with E-state index < -0.39 is 0 Å². The predicted molar refractivity (Wildman–Crippen MR) is 63.8 cm³/mol. The van der Waals surface area contributed by atoms with Crippen LogP contribution in [0.2, 0.25) is 0 Å². The molecule has 1 N–H and O–H groups in total. The summed E-state index contributed by atoms with van der Waals surface area (Å²) in [5, 5.41) is 7.17. The fourth-order valence-corrected chi connectivity index (χ4v) is 1.44. The standard InChI is InChI=1S/C13H14N2O/c1-2-8-14-10-12-9-13(16-15-12)11-6-4-3-5-7-11/h2-7,9,14H,1,8,10H2. The van der Waals surface area contributed by atoms with Crippen molar-refractivity contribution in [3.8, 4) is 11.3 Å². The van der Waals surface area contributed by atoms with E-state index in [-0.39, 0.29) is 0 Å². The van der Waals surface area contributed by atoms with Gasteiger partial charge in [0.05, 0.1) is 5.69 Å². The molecular formula is C13H14N2O. The second-order valence-corrected chi connectivity index (χ2v) is 3.47. The summed E-state index contributed by atoms with van der Waals surface area (Å²) >= 11 is 0. The average Bonchev–Trinajstić information content (AvgIpc) is 2.79. The SMILES string of the molecule is C=CCNCc1cc(-c2ccccc2)on1. The van der Waals surface area contributed by atoms with E-state index in [1.165, 1.54) is 0 Å². The summed E-state index contributed by atoms with van der Waals surface area (Å²) in [6.07, 6.45) is 1.82. The van der Waals surface area contributed by atoms with Gasteiger partial charge in [-0.1, -0.05) is 41.6 Å². The molecule has 0 spiro atoms. The highest BCUT2D eigenvalue weighted by Gasteiger charge is 2.04. The molecule has 2 rings (SSSR count). The molecule has 16 heavy (non-hydrogen) atoms. The van der Waals surface area contributed by atoms with Crippen molar-refractivity contribution in [2.24, 2.45) is 0 Å². The minimum absolute atomic E-state index is 0.697. The average molecular weight is 214 g/mol. The topological polar surface area (TPSA) is 38.1 Å². The Morgan fingerprint density at radius 1 is 1.31 bits per heavy atom. The van der Waals surface area contributed by atoms with Crippen LogP contribution in [0.3, 0.4) is 0 Å². The van der Waals surface area contributed by atoms with Gasteiger partial charge in [0.25, 0.3) is 0 Å². The monoisotopic (exact) mass is 214 g/mol. The summed E-state index contributed by atoms with van der Waals surface area (Å²) in [4.78, 5) is 0. The Kier molecular flexibility index (Phi) is 3.51. The summed E-state index contributed by atoms with van der Waals surface area (Å²) in [6, 6.07) is 11.9. The molecule has 0 saturated carbocycles. The number of rotatable bonds is 5. The molecule has 1 aromatic heterocycles. The van der Waals surface area contributed by atoms with Crippen molar-refractivity contribution in [2.75, 3.05) is 6.54 Å². The van der Waals surface area contributed by atoms with Gasteiger partial charge in [-0.25, -0.2) is 0 Å². The van der Waals surface area contributed by atoms with Crippen molar-refractivity contribution in [3.63, 3.8) is 0 Å². The molecule has 0 radical (unpaired) electrons. The third kappa shape index (κ3) is 2.58. The Bertz CT molecular complexity index is 448. The summed E-state index contributed by atoms with van der Waals surface area (Å²) in [5.41, 5.74) is 1.95. The maximum Gasteiger partial charge on any atom is 0.167 e. The number of nitrogens with one attached hydrogen (secondary N) is 1. The van der Waals surface area contributed by atoms with Crippen LogP contribution in [-0.4, -0.2) is 11.7 Å². The third-order valence-electron chi connectivity index (χ3n) is 2.21. The summed E-state index contributed by atoms with van der Waals surface area (Å²) in [5.74, 6) is 0.802. The van der Waals surface area contributed by atoms with Gasteiger partial charge in [-0.05, 0) is 0 Å². The highest BCUT2D eigenvalue weighted by molar-refractivity contribution is 5.56. The minimum atomic E-state index is 0.697. The third-order valence-corrected chi connectivity index (χ3v) is 2.21. The maximum absolute atomic E-state index is 5.27. The Hall–Kier alpha value is -1.87. The number of hydrogen-bond donors (Lipinski definition) is 1. The predicted octanol–water partition coefficient (Wildman–Crippen LogP) is 2.62. The van der Waals surface area contributed by atoms with Crippen LogP contribution >= 0.6 is 0 Å². The number of nitrogens with zero attached hydrogens (tertiary/aromatic N) is 1. The fraction of sp³-hybridized carbons (Fsp3) is 0.154. The molecule has 0 saturated heterocycles. The highest BCUT2D eigenvalue weighted by atomic mass is 16.5. The second-order valence-electron chi connectivity index (χ2n) is 3.47. The number of hydrogen-bond acceptors (Lipinski definition) is 3. The lowest BCUT2D eigenvalue weighted by atomic mass is 10.2. The van der Waals surface area contributed by atoms with E-state index in [0.29, 0.717) is 6.54 Å². The Morgan fingerprint density at radius 3 is 2.88 bits per heavy atom. The maximum atomic E-state index is 5.27. The molecule has 0 unspecified atom stereocenters. The minimum Gasteiger partial charge on any atom is -0.356 e. The van der Waals surface area contributed by atoms with Crippen molar-refractivity contribution >= 4 is 0 Å². The van der Waals surface area contributed by atoms with Crippen molar-refractivity contribution in [2.45, 2.75) is 6.54 Å². The second kappa shape index (κ2) is 5.28. The molecule has 3 heteroatoms. The molecule has 2 aromatic rings. The zero-order valence-corrected chi connectivity index (χ0v) is 9.02. The van der Waals surface area contributed by atoms with Gasteiger partial charge in [0.15, 0.2) is 5.76 Å². The molecule has 1 aromatic carbocycles. The Morgan fingerprint density at radius 2 is 2.12 bits per heavy atom. The zero-order chi connectivity index (χ0) is 11.2. The van der Waals surface area contributed by atoms with Crippen LogP contribution in [0.25, 0.3) is 11.3 Å². The Balaban J connectivity index is 2.05. The van der Waals surface area contributed by atoms with Gasteiger partial charge < -0.3 is 9.84 Å². The quantitative estimate of drug-likeness (QED) is 0.614. The van der Waals surface area contributed by atoms with Crippen LogP contribution < -0.4 is 5.32 Å². The first-order valence-corrected chi connectivity index (χ1v) is 5.23. The lowest BCUT2D eigenvalue weighted by molar-refractivity contribution is 0.421. The fourth-order valence-electron chi connectivity index (χ4n) is 1.44. The first-order valence-electron chi connectivity index (χ1n) is 5.23. The van der Waals surface area contributed by atoms with Gasteiger partial charge in [-0.15, -0.1) is 6.58 Å². The normalized spacial score (nSPS) is 10.2. The van der Waals surface area contributed by atoms with E-state index in [1.54, 1.807) is 0 Å².